The molecular weight excluding hydrogens is 262 g/mol. The molecule has 0 bridgehead atoms. The summed E-state index contributed by atoms with van der Waals surface area (Å²) in [6, 6.07) is 5.86. The third kappa shape index (κ3) is 3.26. The van der Waals surface area contributed by atoms with Crippen molar-refractivity contribution in [2.75, 3.05) is 31.6 Å². The minimum absolute atomic E-state index is 0.432. The summed E-state index contributed by atoms with van der Waals surface area (Å²) in [5.41, 5.74) is 6.85. The van der Waals surface area contributed by atoms with Crippen molar-refractivity contribution in [2.45, 2.75) is 6.92 Å². The molecule has 3 N–H and O–H groups in total. The second-order valence-corrected chi connectivity index (χ2v) is 5.03. The lowest BCUT2D eigenvalue weighted by Gasteiger charge is -2.26. The summed E-state index contributed by atoms with van der Waals surface area (Å²) in [6.07, 6.45) is 2.08. The first-order chi connectivity index (χ1) is 9.13. The van der Waals surface area contributed by atoms with E-state index in [0.29, 0.717) is 16.7 Å². The maximum absolute atomic E-state index is 6.05. The van der Waals surface area contributed by atoms with Crippen molar-refractivity contribution < 1.29 is 4.74 Å². The van der Waals surface area contributed by atoms with E-state index in [9.17, 15) is 0 Å². The van der Waals surface area contributed by atoms with Gasteiger partial charge in [-0.15, -0.1) is 0 Å². The summed E-state index contributed by atoms with van der Waals surface area (Å²) < 4.78 is 5.26. The van der Waals surface area contributed by atoms with Crippen molar-refractivity contribution in [1.82, 2.24) is 5.32 Å². The first kappa shape index (κ1) is 13.9. The topological polar surface area (TPSA) is 50.5 Å². The quantitative estimate of drug-likeness (QED) is 0.869. The van der Waals surface area contributed by atoms with Gasteiger partial charge in [0.1, 0.15) is 5.75 Å². The molecule has 1 aromatic carbocycles. The van der Waals surface area contributed by atoms with Crippen LogP contribution in [0.5, 0.6) is 5.75 Å². The number of hydrogen-bond donors (Lipinski definition) is 2. The van der Waals surface area contributed by atoms with Crippen LogP contribution in [0, 0.1) is 5.92 Å². The second kappa shape index (κ2) is 6.06. The molecular formula is C14H20ClN3O. The van der Waals surface area contributed by atoms with E-state index in [2.05, 4.69) is 23.2 Å². The molecule has 0 saturated carbocycles. The highest BCUT2D eigenvalue weighted by Gasteiger charge is 2.17. The van der Waals surface area contributed by atoms with Crippen molar-refractivity contribution in [2.24, 2.45) is 11.7 Å². The van der Waals surface area contributed by atoms with Crippen molar-refractivity contribution in [3.63, 3.8) is 0 Å². The highest BCUT2D eigenvalue weighted by Crippen LogP contribution is 2.29. The SMILES string of the molecule is CCN(C[C@H]1C=C(N)NC1)c1ccc(Cl)c(OC)c1. The van der Waals surface area contributed by atoms with Gasteiger partial charge in [0, 0.05) is 37.3 Å². The smallest absolute Gasteiger partial charge is 0.139 e. The minimum atomic E-state index is 0.432. The highest BCUT2D eigenvalue weighted by atomic mass is 35.5. The van der Waals surface area contributed by atoms with Gasteiger partial charge in [-0.1, -0.05) is 11.6 Å². The molecule has 0 saturated heterocycles. The summed E-state index contributed by atoms with van der Waals surface area (Å²) in [5.74, 6) is 1.91. The normalized spacial score (nSPS) is 17.8. The summed E-state index contributed by atoms with van der Waals surface area (Å²) >= 11 is 6.05. The molecule has 0 fully saturated rings. The molecule has 1 aliphatic rings. The standard InChI is InChI=1S/C14H20ClN3O/c1-3-18(9-10-6-14(16)17-8-10)11-4-5-12(15)13(7-11)19-2/h4-7,10,17H,3,8-9,16H2,1-2H3/t10-/m0/s1. The number of halogens is 1. The average molecular weight is 282 g/mol. The summed E-state index contributed by atoms with van der Waals surface area (Å²) in [4.78, 5) is 2.29. The molecule has 1 aromatic rings. The molecule has 1 atom stereocenters. The molecule has 1 heterocycles. The lowest BCUT2D eigenvalue weighted by atomic mass is 10.1. The fourth-order valence-electron chi connectivity index (χ4n) is 2.28. The lowest BCUT2D eigenvalue weighted by Crippen LogP contribution is -2.30. The molecule has 5 heteroatoms. The molecule has 104 valence electrons. The van der Waals surface area contributed by atoms with E-state index in [1.807, 2.05) is 18.2 Å². The van der Waals surface area contributed by atoms with Gasteiger partial charge in [-0.2, -0.15) is 0 Å². The van der Waals surface area contributed by atoms with Crippen LogP contribution in [0.3, 0.4) is 0 Å². The average Bonchev–Trinajstić information content (AvgIpc) is 2.82. The Labute approximate surface area is 119 Å². The van der Waals surface area contributed by atoms with Gasteiger partial charge in [0.15, 0.2) is 0 Å². The summed E-state index contributed by atoms with van der Waals surface area (Å²) in [6.45, 7) is 4.88. The zero-order chi connectivity index (χ0) is 13.8. The number of anilines is 1. The number of methoxy groups -OCH3 is 1. The lowest BCUT2D eigenvalue weighted by molar-refractivity contribution is 0.415. The Morgan fingerprint density at radius 1 is 1.53 bits per heavy atom. The van der Waals surface area contributed by atoms with Crippen molar-refractivity contribution in [1.29, 1.82) is 0 Å². The molecule has 1 aliphatic heterocycles. The van der Waals surface area contributed by atoms with Gasteiger partial charge >= 0.3 is 0 Å². The van der Waals surface area contributed by atoms with Gasteiger partial charge in [-0.3, -0.25) is 0 Å². The Balaban J connectivity index is 2.13. The van der Waals surface area contributed by atoms with Gasteiger partial charge in [-0.05, 0) is 25.1 Å². The highest BCUT2D eigenvalue weighted by molar-refractivity contribution is 6.32. The number of hydrogen-bond acceptors (Lipinski definition) is 4. The van der Waals surface area contributed by atoms with Gasteiger partial charge in [0.2, 0.25) is 0 Å². The molecule has 4 nitrogen and oxygen atoms in total. The maximum atomic E-state index is 6.05. The second-order valence-electron chi connectivity index (χ2n) is 4.62. The third-order valence-corrected chi connectivity index (χ3v) is 3.63. The van der Waals surface area contributed by atoms with Crippen LogP contribution in [0.2, 0.25) is 5.02 Å². The third-order valence-electron chi connectivity index (χ3n) is 3.32. The Morgan fingerprint density at radius 3 is 2.89 bits per heavy atom. The number of nitrogens with two attached hydrogens (primary N) is 1. The van der Waals surface area contributed by atoms with Crippen molar-refractivity contribution in [3.8, 4) is 5.75 Å². The molecule has 2 rings (SSSR count). The summed E-state index contributed by atoms with van der Waals surface area (Å²) in [7, 11) is 1.63. The van der Waals surface area contributed by atoms with E-state index < -0.39 is 0 Å². The van der Waals surface area contributed by atoms with Crippen LogP contribution < -0.4 is 20.7 Å². The first-order valence-corrected chi connectivity index (χ1v) is 6.81. The van der Waals surface area contributed by atoms with Crippen molar-refractivity contribution in [3.05, 3.63) is 35.1 Å². The van der Waals surface area contributed by atoms with Crippen LogP contribution in [-0.4, -0.2) is 26.7 Å². The zero-order valence-corrected chi connectivity index (χ0v) is 12.1. The maximum Gasteiger partial charge on any atom is 0.139 e. The van der Waals surface area contributed by atoms with Gasteiger partial charge < -0.3 is 20.7 Å². The summed E-state index contributed by atoms with van der Waals surface area (Å²) in [5, 5.41) is 3.78. The molecule has 0 aromatic heterocycles. The largest absolute Gasteiger partial charge is 0.495 e. The number of nitrogens with zero attached hydrogens (tertiary/aromatic N) is 1. The van der Waals surface area contributed by atoms with Crippen LogP contribution in [0.15, 0.2) is 30.1 Å². The van der Waals surface area contributed by atoms with E-state index in [0.717, 1.165) is 31.1 Å². The molecule has 19 heavy (non-hydrogen) atoms. The van der Waals surface area contributed by atoms with Crippen LogP contribution >= 0.6 is 11.6 Å². The van der Waals surface area contributed by atoms with E-state index in [-0.39, 0.29) is 0 Å². The fraction of sp³-hybridized carbons (Fsp3) is 0.429. The Kier molecular flexibility index (Phi) is 4.43. The number of benzene rings is 1. The number of ether oxygens (including phenoxy) is 1. The van der Waals surface area contributed by atoms with Crippen molar-refractivity contribution >= 4 is 17.3 Å². The van der Waals surface area contributed by atoms with Crippen LogP contribution in [0.1, 0.15) is 6.92 Å². The Morgan fingerprint density at radius 2 is 2.32 bits per heavy atom. The van der Waals surface area contributed by atoms with Crippen LogP contribution in [-0.2, 0) is 0 Å². The first-order valence-electron chi connectivity index (χ1n) is 6.43. The van der Waals surface area contributed by atoms with Gasteiger partial charge in [-0.25, -0.2) is 0 Å². The molecule has 0 amide bonds. The minimum Gasteiger partial charge on any atom is -0.495 e. The number of rotatable bonds is 5. The van der Waals surface area contributed by atoms with Gasteiger partial charge in [0.05, 0.1) is 18.0 Å². The van der Waals surface area contributed by atoms with Crippen LogP contribution in [0.4, 0.5) is 5.69 Å². The predicted molar refractivity (Wildman–Crippen MR) is 79.7 cm³/mol. The molecule has 0 aliphatic carbocycles. The number of nitrogens with one attached hydrogen (secondary N) is 1. The van der Waals surface area contributed by atoms with Gasteiger partial charge in [0.25, 0.3) is 0 Å². The van der Waals surface area contributed by atoms with Crippen LogP contribution in [0.25, 0.3) is 0 Å². The molecule has 0 radical (unpaired) electrons. The monoisotopic (exact) mass is 281 g/mol. The zero-order valence-electron chi connectivity index (χ0n) is 11.3. The van der Waals surface area contributed by atoms with E-state index in [4.69, 9.17) is 22.1 Å². The van der Waals surface area contributed by atoms with E-state index >= 15 is 0 Å². The van der Waals surface area contributed by atoms with E-state index in [1.54, 1.807) is 7.11 Å². The Bertz CT molecular complexity index is 476. The van der Waals surface area contributed by atoms with E-state index in [1.165, 1.54) is 0 Å². The molecule has 0 unspecified atom stereocenters. The Hall–Kier alpha value is -1.55. The molecule has 0 spiro atoms. The fourth-order valence-corrected chi connectivity index (χ4v) is 2.48. The predicted octanol–water partition coefficient (Wildman–Crippen LogP) is 2.19.